The summed E-state index contributed by atoms with van der Waals surface area (Å²) >= 11 is 1.95. The average molecular weight is 436 g/mol. The number of ether oxygens (including phenoxy) is 1. The Morgan fingerprint density at radius 2 is 1.96 bits per heavy atom. The molecule has 2 aromatic carbocycles. The van der Waals surface area contributed by atoms with Crippen molar-refractivity contribution in [2.75, 3.05) is 0 Å². The van der Waals surface area contributed by atoms with Gasteiger partial charge < -0.3 is 4.74 Å². The number of halogens is 1. The largest absolute Gasteiger partial charge is 0.422 e. The second-order valence-electron chi connectivity index (χ2n) is 4.66. The molecule has 8 nitrogen and oxygen atoms in total. The van der Waals surface area contributed by atoms with Crippen molar-refractivity contribution in [1.29, 1.82) is 0 Å². The highest BCUT2D eigenvalue weighted by atomic mass is 127. The highest BCUT2D eigenvalue weighted by Crippen LogP contribution is 2.27. The summed E-state index contributed by atoms with van der Waals surface area (Å²) in [4.78, 5) is 22.5. The van der Waals surface area contributed by atoms with Crippen molar-refractivity contribution in [3.63, 3.8) is 0 Å². The van der Waals surface area contributed by atoms with E-state index in [4.69, 9.17) is 4.74 Å². The van der Waals surface area contributed by atoms with Gasteiger partial charge in [0, 0.05) is 6.07 Å². The maximum atomic E-state index is 12.2. The predicted octanol–water partition coefficient (Wildman–Crippen LogP) is 3.00. The summed E-state index contributed by atoms with van der Waals surface area (Å²) in [5, 5.41) is 18.4. The van der Waals surface area contributed by atoms with Crippen LogP contribution in [-0.2, 0) is 0 Å². The SMILES string of the molecule is O=C(Oc1cc([N+](=O)[O-])ccc1I)c1ccc(-n2ccnn2)cc1. The first-order valence-corrected chi connectivity index (χ1v) is 7.75. The Labute approximate surface area is 149 Å². The lowest BCUT2D eigenvalue weighted by Gasteiger charge is -2.07. The summed E-state index contributed by atoms with van der Waals surface area (Å²) in [7, 11) is 0. The number of non-ortho nitro benzene ring substituents is 1. The lowest BCUT2D eigenvalue weighted by molar-refractivity contribution is -0.384. The molecule has 0 amide bonds. The molecule has 0 unspecified atom stereocenters. The maximum absolute atomic E-state index is 12.2. The summed E-state index contributed by atoms with van der Waals surface area (Å²) < 4.78 is 7.42. The third-order valence-electron chi connectivity index (χ3n) is 3.12. The number of benzene rings is 2. The number of nitro groups is 1. The van der Waals surface area contributed by atoms with Crippen LogP contribution >= 0.6 is 22.6 Å². The van der Waals surface area contributed by atoms with Gasteiger partial charge in [-0.05, 0) is 52.9 Å². The van der Waals surface area contributed by atoms with Crippen LogP contribution in [0.25, 0.3) is 5.69 Å². The molecule has 0 aliphatic rings. The minimum absolute atomic E-state index is 0.139. The summed E-state index contributed by atoms with van der Waals surface area (Å²) in [5.41, 5.74) is 0.926. The van der Waals surface area contributed by atoms with Crippen LogP contribution < -0.4 is 4.74 Å². The van der Waals surface area contributed by atoms with Gasteiger partial charge in [0.05, 0.1) is 38.2 Å². The van der Waals surface area contributed by atoms with E-state index in [1.165, 1.54) is 18.2 Å². The molecular formula is C15H9IN4O4. The first-order chi connectivity index (χ1) is 11.5. The van der Waals surface area contributed by atoms with E-state index in [1.807, 2.05) is 22.6 Å². The molecule has 3 aromatic rings. The number of nitrogens with zero attached hydrogens (tertiary/aromatic N) is 4. The summed E-state index contributed by atoms with van der Waals surface area (Å²) in [6.45, 7) is 0. The molecule has 0 spiro atoms. The number of aromatic nitrogens is 3. The van der Waals surface area contributed by atoms with Gasteiger partial charge in [-0.3, -0.25) is 10.1 Å². The third kappa shape index (κ3) is 3.40. The Bertz CT molecular complexity index is 894. The molecule has 0 fully saturated rings. The lowest BCUT2D eigenvalue weighted by atomic mass is 10.2. The normalized spacial score (nSPS) is 10.4. The number of rotatable bonds is 4. The van der Waals surface area contributed by atoms with Crippen LogP contribution in [0.5, 0.6) is 5.75 Å². The van der Waals surface area contributed by atoms with Gasteiger partial charge in [-0.1, -0.05) is 5.21 Å². The average Bonchev–Trinajstić information content (AvgIpc) is 3.11. The predicted molar refractivity (Wildman–Crippen MR) is 92.1 cm³/mol. The molecular weight excluding hydrogens is 427 g/mol. The van der Waals surface area contributed by atoms with E-state index >= 15 is 0 Å². The van der Waals surface area contributed by atoms with E-state index in [2.05, 4.69) is 10.3 Å². The van der Waals surface area contributed by atoms with E-state index in [-0.39, 0.29) is 11.4 Å². The molecule has 24 heavy (non-hydrogen) atoms. The van der Waals surface area contributed by atoms with Crippen LogP contribution in [0.4, 0.5) is 5.69 Å². The number of hydrogen-bond acceptors (Lipinski definition) is 6. The van der Waals surface area contributed by atoms with Gasteiger partial charge in [0.2, 0.25) is 0 Å². The smallest absolute Gasteiger partial charge is 0.343 e. The van der Waals surface area contributed by atoms with E-state index in [0.29, 0.717) is 9.13 Å². The van der Waals surface area contributed by atoms with E-state index in [0.717, 1.165) is 5.69 Å². The van der Waals surface area contributed by atoms with Crippen molar-refractivity contribution < 1.29 is 14.5 Å². The fraction of sp³-hybridized carbons (Fsp3) is 0. The van der Waals surface area contributed by atoms with Gasteiger partial charge >= 0.3 is 5.97 Å². The minimum Gasteiger partial charge on any atom is -0.422 e. The van der Waals surface area contributed by atoms with Crippen LogP contribution in [-0.4, -0.2) is 25.9 Å². The monoisotopic (exact) mass is 436 g/mol. The third-order valence-corrected chi connectivity index (χ3v) is 4.01. The minimum atomic E-state index is -0.599. The first kappa shape index (κ1) is 16.1. The van der Waals surface area contributed by atoms with E-state index in [9.17, 15) is 14.9 Å². The van der Waals surface area contributed by atoms with Crippen molar-refractivity contribution in [3.05, 3.63) is 74.1 Å². The van der Waals surface area contributed by atoms with Crippen molar-refractivity contribution in [2.45, 2.75) is 0 Å². The fourth-order valence-electron chi connectivity index (χ4n) is 1.94. The second kappa shape index (κ2) is 6.74. The number of hydrogen-bond donors (Lipinski definition) is 0. The second-order valence-corrected chi connectivity index (χ2v) is 5.82. The van der Waals surface area contributed by atoms with Gasteiger partial charge in [0.25, 0.3) is 5.69 Å². The quantitative estimate of drug-likeness (QED) is 0.205. The molecule has 1 heterocycles. The highest BCUT2D eigenvalue weighted by molar-refractivity contribution is 14.1. The Morgan fingerprint density at radius 3 is 2.58 bits per heavy atom. The Morgan fingerprint density at radius 1 is 1.21 bits per heavy atom. The van der Waals surface area contributed by atoms with Gasteiger partial charge in [0.15, 0.2) is 5.75 Å². The zero-order valence-corrected chi connectivity index (χ0v) is 14.2. The Balaban J connectivity index is 1.80. The molecule has 0 saturated carbocycles. The molecule has 0 aliphatic carbocycles. The van der Waals surface area contributed by atoms with Gasteiger partial charge in [0.1, 0.15) is 0 Å². The molecule has 0 atom stereocenters. The van der Waals surface area contributed by atoms with Gasteiger partial charge in [-0.15, -0.1) is 5.10 Å². The standard InChI is InChI=1S/C15H9IN4O4/c16-13-6-5-12(20(22)23)9-14(13)24-15(21)10-1-3-11(4-2-10)19-8-7-17-18-19/h1-9H. The van der Waals surface area contributed by atoms with Crippen LogP contribution in [0.3, 0.4) is 0 Å². The zero-order chi connectivity index (χ0) is 17.1. The number of nitro benzene ring substituents is 1. The number of esters is 1. The van der Waals surface area contributed by atoms with Crippen molar-refractivity contribution in [3.8, 4) is 11.4 Å². The Hall–Kier alpha value is -2.82. The van der Waals surface area contributed by atoms with Crippen molar-refractivity contribution >= 4 is 34.2 Å². The molecule has 1 aromatic heterocycles. The van der Waals surface area contributed by atoms with Crippen LogP contribution in [0.15, 0.2) is 54.9 Å². The number of carbonyl (C=O) groups excluding carboxylic acids is 1. The molecule has 9 heteroatoms. The topological polar surface area (TPSA) is 100 Å². The molecule has 0 radical (unpaired) electrons. The van der Waals surface area contributed by atoms with Crippen molar-refractivity contribution in [1.82, 2.24) is 15.0 Å². The highest BCUT2D eigenvalue weighted by Gasteiger charge is 2.15. The molecule has 120 valence electrons. The van der Waals surface area contributed by atoms with Crippen LogP contribution in [0.2, 0.25) is 0 Å². The van der Waals surface area contributed by atoms with Gasteiger partial charge in [-0.25, -0.2) is 9.48 Å². The van der Waals surface area contributed by atoms with Crippen molar-refractivity contribution in [2.24, 2.45) is 0 Å². The van der Waals surface area contributed by atoms with Gasteiger partial charge in [-0.2, -0.15) is 0 Å². The summed E-state index contributed by atoms with van der Waals surface area (Å²) in [5.74, 6) is -0.450. The molecule has 0 N–H and O–H groups in total. The molecule has 0 aliphatic heterocycles. The van der Waals surface area contributed by atoms with E-state index < -0.39 is 10.9 Å². The first-order valence-electron chi connectivity index (χ1n) is 6.67. The summed E-state index contributed by atoms with van der Waals surface area (Å²) in [6, 6.07) is 10.7. The van der Waals surface area contributed by atoms with Crippen LogP contribution in [0, 0.1) is 13.7 Å². The van der Waals surface area contributed by atoms with E-state index in [1.54, 1.807) is 41.3 Å². The maximum Gasteiger partial charge on any atom is 0.343 e. The number of carbonyl (C=O) groups is 1. The Kier molecular flexibility index (Phi) is 4.51. The summed E-state index contributed by atoms with van der Waals surface area (Å²) in [6.07, 6.45) is 3.23. The fourth-order valence-corrected chi connectivity index (χ4v) is 2.38. The molecule has 0 saturated heterocycles. The molecule has 0 bridgehead atoms. The zero-order valence-electron chi connectivity index (χ0n) is 12.0. The molecule has 3 rings (SSSR count). The lowest BCUT2D eigenvalue weighted by Crippen LogP contribution is -2.10. The van der Waals surface area contributed by atoms with Crippen LogP contribution in [0.1, 0.15) is 10.4 Å².